The molecule has 0 saturated carbocycles. The maximum atomic E-state index is 10.1. The molecule has 90 valence electrons. The summed E-state index contributed by atoms with van der Waals surface area (Å²) in [5.41, 5.74) is 0.839. The first-order valence-corrected chi connectivity index (χ1v) is 6.11. The van der Waals surface area contributed by atoms with Gasteiger partial charge in [0.25, 0.3) is 0 Å². The molecule has 2 unspecified atom stereocenters. The highest BCUT2D eigenvalue weighted by molar-refractivity contribution is 9.10. The van der Waals surface area contributed by atoms with Crippen molar-refractivity contribution >= 4 is 28.3 Å². The predicted octanol–water partition coefficient (Wildman–Crippen LogP) is 2.83. The number of hydrogen-bond donors (Lipinski definition) is 2. The van der Waals surface area contributed by atoms with Gasteiger partial charge in [-0.2, -0.15) is 0 Å². The lowest BCUT2D eigenvalue weighted by atomic mass is 9.81. The van der Waals surface area contributed by atoms with Crippen molar-refractivity contribution in [2.75, 3.05) is 6.54 Å². The molecule has 2 atom stereocenters. The molecule has 0 amide bonds. The van der Waals surface area contributed by atoms with E-state index in [-0.39, 0.29) is 24.0 Å². The van der Waals surface area contributed by atoms with E-state index in [2.05, 4.69) is 40.3 Å². The highest BCUT2D eigenvalue weighted by Gasteiger charge is 2.36. The van der Waals surface area contributed by atoms with Gasteiger partial charge >= 0.3 is 0 Å². The molecule has 1 aliphatic heterocycles. The Morgan fingerprint density at radius 2 is 2.25 bits per heavy atom. The molecule has 2 N–H and O–H groups in total. The van der Waals surface area contributed by atoms with Gasteiger partial charge in [-0.25, -0.2) is 0 Å². The third-order valence-electron chi connectivity index (χ3n) is 3.24. The smallest absolute Gasteiger partial charge is 0.0761 e. The van der Waals surface area contributed by atoms with Crippen LogP contribution in [0.1, 0.15) is 25.3 Å². The number of rotatable bonds is 1. The van der Waals surface area contributed by atoms with Gasteiger partial charge < -0.3 is 10.4 Å². The van der Waals surface area contributed by atoms with Crippen LogP contribution >= 0.6 is 28.3 Å². The fraction of sp³-hybridized carbons (Fsp3) is 0.500. The van der Waals surface area contributed by atoms with Gasteiger partial charge in [-0.1, -0.05) is 28.1 Å². The van der Waals surface area contributed by atoms with E-state index >= 15 is 0 Å². The Morgan fingerprint density at radius 3 is 2.88 bits per heavy atom. The Kier molecular flexibility index (Phi) is 4.80. The Hall–Kier alpha value is -0.0900. The molecule has 1 fully saturated rings. The average molecular weight is 307 g/mol. The first kappa shape index (κ1) is 14.0. The fourth-order valence-electron chi connectivity index (χ4n) is 2.16. The summed E-state index contributed by atoms with van der Waals surface area (Å²) in [6.45, 7) is 3.04. The second-order valence-corrected chi connectivity index (χ2v) is 5.21. The molecule has 0 radical (unpaired) electrons. The van der Waals surface area contributed by atoms with Crippen molar-refractivity contribution in [3.8, 4) is 0 Å². The zero-order valence-corrected chi connectivity index (χ0v) is 11.6. The van der Waals surface area contributed by atoms with Crippen molar-refractivity contribution in [1.29, 1.82) is 0 Å². The molecule has 16 heavy (non-hydrogen) atoms. The van der Waals surface area contributed by atoms with Gasteiger partial charge in [0.1, 0.15) is 0 Å². The molecule has 4 heteroatoms. The van der Waals surface area contributed by atoms with E-state index in [4.69, 9.17) is 0 Å². The SMILES string of the molecule is CC1(c2cccc(Br)c2)NCCCC1O.Cl. The standard InChI is InChI=1S/C12H16BrNO.ClH/c1-12(11(15)6-3-7-14-12)9-4-2-5-10(13)8-9;/h2,4-5,8,11,14-15H,3,6-7H2,1H3;1H. The lowest BCUT2D eigenvalue weighted by Gasteiger charge is -2.40. The Morgan fingerprint density at radius 1 is 1.50 bits per heavy atom. The minimum Gasteiger partial charge on any atom is -0.391 e. The molecule has 2 rings (SSSR count). The van der Waals surface area contributed by atoms with Crippen LogP contribution < -0.4 is 5.32 Å². The number of aliphatic hydroxyl groups excluding tert-OH is 1. The van der Waals surface area contributed by atoms with E-state index < -0.39 is 0 Å². The van der Waals surface area contributed by atoms with Gasteiger partial charge in [0.2, 0.25) is 0 Å². The van der Waals surface area contributed by atoms with E-state index in [1.165, 1.54) is 0 Å². The number of aliphatic hydroxyl groups is 1. The summed E-state index contributed by atoms with van der Waals surface area (Å²) in [4.78, 5) is 0. The molecule has 1 aromatic carbocycles. The van der Waals surface area contributed by atoms with Crippen molar-refractivity contribution in [1.82, 2.24) is 5.32 Å². The summed E-state index contributed by atoms with van der Waals surface area (Å²) in [5.74, 6) is 0. The third-order valence-corrected chi connectivity index (χ3v) is 3.73. The molecule has 1 heterocycles. The molecule has 0 spiro atoms. The first-order chi connectivity index (χ1) is 7.13. The Bertz CT molecular complexity index is 361. The Labute approximate surface area is 111 Å². The van der Waals surface area contributed by atoms with Crippen molar-refractivity contribution in [3.05, 3.63) is 34.3 Å². The maximum Gasteiger partial charge on any atom is 0.0761 e. The number of piperidine rings is 1. The van der Waals surface area contributed by atoms with Gasteiger partial charge in [-0.15, -0.1) is 12.4 Å². The van der Waals surface area contributed by atoms with Crippen LogP contribution in [-0.4, -0.2) is 17.8 Å². The van der Waals surface area contributed by atoms with E-state index in [1.54, 1.807) is 0 Å². The molecule has 0 aromatic heterocycles. The largest absolute Gasteiger partial charge is 0.391 e. The summed E-state index contributed by atoms with van der Waals surface area (Å²) >= 11 is 3.46. The highest BCUT2D eigenvalue weighted by atomic mass is 79.9. The summed E-state index contributed by atoms with van der Waals surface area (Å²) in [6.07, 6.45) is 1.61. The first-order valence-electron chi connectivity index (χ1n) is 5.32. The van der Waals surface area contributed by atoms with Crippen LogP contribution in [0.5, 0.6) is 0 Å². The summed E-state index contributed by atoms with van der Waals surface area (Å²) in [5, 5.41) is 13.5. The Balaban J connectivity index is 0.00000128. The van der Waals surface area contributed by atoms with E-state index in [0.717, 1.165) is 29.4 Å². The van der Waals surface area contributed by atoms with Crippen molar-refractivity contribution in [2.24, 2.45) is 0 Å². The van der Waals surface area contributed by atoms with Crippen LogP contribution in [0.3, 0.4) is 0 Å². The zero-order valence-electron chi connectivity index (χ0n) is 9.24. The van der Waals surface area contributed by atoms with Gasteiger partial charge in [0.15, 0.2) is 0 Å². The van der Waals surface area contributed by atoms with Crippen molar-refractivity contribution in [3.63, 3.8) is 0 Å². The molecule has 1 aliphatic rings. The molecule has 2 nitrogen and oxygen atoms in total. The fourth-order valence-corrected chi connectivity index (χ4v) is 2.56. The minimum atomic E-state index is -0.305. The quantitative estimate of drug-likeness (QED) is 0.836. The van der Waals surface area contributed by atoms with Crippen LogP contribution in [0.25, 0.3) is 0 Å². The van der Waals surface area contributed by atoms with Crippen LogP contribution in [0.15, 0.2) is 28.7 Å². The molecular formula is C12H17BrClNO. The maximum absolute atomic E-state index is 10.1. The summed E-state index contributed by atoms with van der Waals surface area (Å²) in [7, 11) is 0. The van der Waals surface area contributed by atoms with Crippen molar-refractivity contribution in [2.45, 2.75) is 31.4 Å². The van der Waals surface area contributed by atoms with Crippen molar-refractivity contribution < 1.29 is 5.11 Å². The molecule has 0 aliphatic carbocycles. The molecule has 0 bridgehead atoms. The molecular weight excluding hydrogens is 289 g/mol. The van der Waals surface area contributed by atoms with Crippen LogP contribution in [0, 0.1) is 0 Å². The predicted molar refractivity (Wildman–Crippen MR) is 72.0 cm³/mol. The number of halogens is 2. The average Bonchev–Trinajstić information content (AvgIpc) is 2.23. The van der Waals surface area contributed by atoms with E-state index in [1.807, 2.05) is 12.1 Å². The normalized spacial score (nSPS) is 29.6. The minimum absolute atomic E-state index is 0. The topological polar surface area (TPSA) is 32.3 Å². The molecule has 1 aromatic rings. The summed E-state index contributed by atoms with van der Waals surface area (Å²) < 4.78 is 1.06. The van der Waals surface area contributed by atoms with Crippen LogP contribution in [0.2, 0.25) is 0 Å². The highest BCUT2D eigenvalue weighted by Crippen LogP contribution is 2.31. The monoisotopic (exact) mass is 305 g/mol. The molecule has 1 saturated heterocycles. The lowest BCUT2D eigenvalue weighted by Crippen LogP contribution is -2.53. The van der Waals surface area contributed by atoms with E-state index in [0.29, 0.717) is 0 Å². The van der Waals surface area contributed by atoms with E-state index in [9.17, 15) is 5.11 Å². The van der Waals surface area contributed by atoms with Gasteiger partial charge in [-0.3, -0.25) is 0 Å². The van der Waals surface area contributed by atoms with Crippen LogP contribution in [0.4, 0.5) is 0 Å². The second kappa shape index (κ2) is 5.50. The number of hydrogen-bond acceptors (Lipinski definition) is 2. The zero-order chi connectivity index (χ0) is 10.9. The third kappa shape index (κ3) is 2.59. The second-order valence-electron chi connectivity index (χ2n) is 4.30. The van der Waals surface area contributed by atoms with Gasteiger partial charge in [0, 0.05) is 4.47 Å². The van der Waals surface area contributed by atoms with Gasteiger partial charge in [-0.05, 0) is 44.0 Å². The number of nitrogens with one attached hydrogen (secondary N) is 1. The van der Waals surface area contributed by atoms with Crippen LogP contribution in [-0.2, 0) is 5.54 Å². The van der Waals surface area contributed by atoms with Gasteiger partial charge in [0.05, 0.1) is 11.6 Å². The number of benzene rings is 1. The lowest BCUT2D eigenvalue weighted by molar-refractivity contribution is 0.0384. The summed E-state index contributed by atoms with van der Waals surface area (Å²) in [6, 6.07) is 8.14.